The van der Waals surface area contributed by atoms with Gasteiger partial charge in [-0.2, -0.15) is 5.10 Å². The zero-order valence-electron chi connectivity index (χ0n) is 14.3. The van der Waals surface area contributed by atoms with Crippen LogP contribution in [0.3, 0.4) is 0 Å². The van der Waals surface area contributed by atoms with Crippen LogP contribution in [-0.2, 0) is 19.7 Å². The molecule has 2 aromatic carbocycles. The van der Waals surface area contributed by atoms with Crippen LogP contribution in [0.4, 0.5) is 0 Å². The number of ether oxygens (including phenoxy) is 2. The Balaban J connectivity index is 1.64. The smallest absolute Gasteiger partial charge is 0.188 e. The van der Waals surface area contributed by atoms with Gasteiger partial charge in [0, 0.05) is 0 Å². The molecule has 0 amide bonds. The van der Waals surface area contributed by atoms with Crippen molar-refractivity contribution in [2.45, 2.75) is 26.6 Å². The molecule has 130 valence electrons. The van der Waals surface area contributed by atoms with E-state index in [-0.39, 0.29) is 0 Å². The van der Waals surface area contributed by atoms with Crippen LogP contribution in [0.15, 0.2) is 54.6 Å². The summed E-state index contributed by atoms with van der Waals surface area (Å²) in [6.45, 7) is 3.87. The maximum atomic E-state index is 5.79. The van der Waals surface area contributed by atoms with E-state index in [1.165, 1.54) is 0 Å². The summed E-state index contributed by atoms with van der Waals surface area (Å²) >= 11 is 0. The Kier molecular flexibility index (Phi) is 5.64. The molecule has 0 atom stereocenters. The molecule has 0 aliphatic carbocycles. The summed E-state index contributed by atoms with van der Waals surface area (Å²) in [5.41, 5.74) is 6.95. The predicted octanol–water partition coefficient (Wildman–Crippen LogP) is 2.76. The number of hydrogen-bond donors (Lipinski definition) is 1. The Bertz CT molecular complexity index is 785. The lowest BCUT2D eigenvalue weighted by atomic mass is 10.2. The minimum atomic E-state index is 0.294. The second-order valence-electron chi connectivity index (χ2n) is 5.48. The average molecular weight is 338 g/mol. The topological polar surface area (TPSA) is 75.2 Å². The van der Waals surface area contributed by atoms with Crippen molar-refractivity contribution >= 4 is 0 Å². The second kappa shape index (κ2) is 8.30. The monoisotopic (exact) mass is 338 g/mol. The van der Waals surface area contributed by atoms with Gasteiger partial charge in [-0.3, -0.25) is 0 Å². The first-order valence-electron chi connectivity index (χ1n) is 8.30. The Morgan fingerprint density at radius 3 is 2.28 bits per heavy atom. The number of benzene rings is 2. The molecule has 1 heterocycles. The van der Waals surface area contributed by atoms with Crippen molar-refractivity contribution in [1.29, 1.82) is 0 Å². The van der Waals surface area contributed by atoms with Crippen LogP contribution in [-0.4, -0.2) is 21.4 Å². The van der Waals surface area contributed by atoms with E-state index in [0.717, 1.165) is 22.9 Å². The van der Waals surface area contributed by atoms with Gasteiger partial charge in [0.2, 0.25) is 0 Å². The first kappa shape index (κ1) is 17.0. The molecule has 0 aliphatic heterocycles. The molecule has 0 radical (unpaired) electrons. The lowest BCUT2D eigenvalue weighted by Crippen LogP contribution is -2.10. The van der Waals surface area contributed by atoms with Crippen LogP contribution in [0.2, 0.25) is 0 Å². The second-order valence-corrected chi connectivity index (χ2v) is 5.48. The Morgan fingerprint density at radius 2 is 1.64 bits per heavy atom. The van der Waals surface area contributed by atoms with Crippen molar-refractivity contribution in [3.8, 4) is 11.5 Å². The molecule has 0 aliphatic rings. The Hall–Kier alpha value is -2.86. The third kappa shape index (κ3) is 4.58. The average Bonchev–Trinajstić information content (AvgIpc) is 3.04. The third-order valence-corrected chi connectivity index (χ3v) is 3.65. The van der Waals surface area contributed by atoms with Crippen molar-refractivity contribution in [2.75, 3.05) is 6.61 Å². The molecule has 1 aromatic heterocycles. The zero-order chi connectivity index (χ0) is 17.5. The molecule has 0 bridgehead atoms. The molecule has 0 saturated carbocycles. The molecule has 3 aromatic rings. The van der Waals surface area contributed by atoms with Gasteiger partial charge < -0.3 is 15.2 Å². The van der Waals surface area contributed by atoms with E-state index in [2.05, 4.69) is 22.2 Å². The molecule has 0 saturated heterocycles. The van der Waals surface area contributed by atoms with Crippen LogP contribution in [0.25, 0.3) is 0 Å². The molecule has 0 unspecified atom stereocenters. The molecule has 2 N–H and O–H groups in total. The highest BCUT2D eigenvalue weighted by Gasteiger charge is 2.10. The van der Waals surface area contributed by atoms with Crippen LogP contribution < -0.4 is 15.2 Å². The van der Waals surface area contributed by atoms with Crippen LogP contribution in [0, 0.1) is 0 Å². The van der Waals surface area contributed by atoms with Crippen LogP contribution >= 0.6 is 0 Å². The fraction of sp³-hybridized carbons (Fsp3) is 0.263. The fourth-order valence-electron chi connectivity index (χ4n) is 2.47. The summed E-state index contributed by atoms with van der Waals surface area (Å²) in [7, 11) is 0. The van der Waals surface area contributed by atoms with E-state index in [4.69, 9.17) is 15.2 Å². The quantitative estimate of drug-likeness (QED) is 0.683. The Morgan fingerprint density at radius 1 is 0.960 bits per heavy atom. The van der Waals surface area contributed by atoms with E-state index in [9.17, 15) is 0 Å². The number of rotatable bonds is 8. The summed E-state index contributed by atoms with van der Waals surface area (Å²) in [4.78, 5) is 4.46. The minimum absolute atomic E-state index is 0.294. The molecule has 6 heteroatoms. The molecular formula is C19H22N4O2. The fourth-order valence-corrected chi connectivity index (χ4v) is 2.47. The van der Waals surface area contributed by atoms with Crippen molar-refractivity contribution in [3.05, 3.63) is 71.8 Å². The molecule has 25 heavy (non-hydrogen) atoms. The van der Waals surface area contributed by atoms with Crippen molar-refractivity contribution in [1.82, 2.24) is 14.8 Å². The van der Waals surface area contributed by atoms with Gasteiger partial charge in [-0.25, -0.2) is 9.67 Å². The minimum Gasteiger partial charge on any atom is -0.494 e. The van der Waals surface area contributed by atoms with Gasteiger partial charge in [0.15, 0.2) is 5.82 Å². The van der Waals surface area contributed by atoms with Crippen molar-refractivity contribution < 1.29 is 9.47 Å². The predicted molar refractivity (Wildman–Crippen MR) is 95.4 cm³/mol. The van der Waals surface area contributed by atoms with Gasteiger partial charge in [-0.1, -0.05) is 30.3 Å². The van der Waals surface area contributed by atoms with Gasteiger partial charge in [-0.15, -0.1) is 0 Å². The third-order valence-electron chi connectivity index (χ3n) is 3.65. The molecule has 6 nitrogen and oxygen atoms in total. The van der Waals surface area contributed by atoms with E-state index < -0.39 is 0 Å². The van der Waals surface area contributed by atoms with Gasteiger partial charge in [0.1, 0.15) is 23.9 Å². The summed E-state index contributed by atoms with van der Waals surface area (Å²) in [5, 5.41) is 4.51. The maximum absolute atomic E-state index is 5.79. The highest BCUT2D eigenvalue weighted by molar-refractivity contribution is 5.31. The molecule has 0 spiro atoms. The van der Waals surface area contributed by atoms with Crippen molar-refractivity contribution in [2.24, 2.45) is 5.73 Å². The summed E-state index contributed by atoms with van der Waals surface area (Å²) in [6, 6.07) is 17.6. The molecule has 3 rings (SSSR count). The largest absolute Gasteiger partial charge is 0.494 e. The molecule has 0 fully saturated rings. The lowest BCUT2D eigenvalue weighted by Gasteiger charge is -2.06. The number of nitrogens with zero attached hydrogens (tertiary/aromatic N) is 3. The van der Waals surface area contributed by atoms with E-state index >= 15 is 0 Å². The number of hydrogen-bond acceptors (Lipinski definition) is 5. The first-order valence-corrected chi connectivity index (χ1v) is 8.30. The zero-order valence-corrected chi connectivity index (χ0v) is 14.3. The highest BCUT2D eigenvalue weighted by atomic mass is 16.5. The van der Waals surface area contributed by atoms with E-state index in [1.807, 2.05) is 54.1 Å². The van der Waals surface area contributed by atoms with Gasteiger partial charge in [0.25, 0.3) is 0 Å². The lowest BCUT2D eigenvalue weighted by molar-refractivity contribution is 0.293. The number of aromatic nitrogens is 3. The summed E-state index contributed by atoms with van der Waals surface area (Å²) in [5.74, 6) is 2.93. The number of nitrogens with two attached hydrogens (primary N) is 1. The van der Waals surface area contributed by atoms with E-state index in [0.29, 0.717) is 32.1 Å². The highest BCUT2D eigenvalue weighted by Crippen LogP contribution is 2.18. The summed E-state index contributed by atoms with van der Waals surface area (Å²) in [6.07, 6.45) is 0. The standard InChI is InChI=1S/C19H22N4O2/c1-2-24-16-8-10-17(11-9-16)25-14-18-21-19(12-20)23(22-18)13-15-6-4-3-5-7-15/h3-11H,2,12-14,20H2,1H3. The van der Waals surface area contributed by atoms with Gasteiger partial charge in [-0.05, 0) is 36.8 Å². The Labute approximate surface area is 147 Å². The maximum Gasteiger partial charge on any atom is 0.188 e. The van der Waals surface area contributed by atoms with Crippen molar-refractivity contribution in [3.63, 3.8) is 0 Å². The van der Waals surface area contributed by atoms with Gasteiger partial charge >= 0.3 is 0 Å². The SMILES string of the molecule is CCOc1ccc(OCc2nc(CN)n(Cc3ccccc3)n2)cc1. The van der Waals surface area contributed by atoms with Crippen LogP contribution in [0.5, 0.6) is 11.5 Å². The van der Waals surface area contributed by atoms with Crippen LogP contribution in [0.1, 0.15) is 24.1 Å². The first-order chi connectivity index (χ1) is 12.3. The molecular weight excluding hydrogens is 316 g/mol. The van der Waals surface area contributed by atoms with Gasteiger partial charge in [0.05, 0.1) is 19.7 Å². The normalized spacial score (nSPS) is 10.6. The summed E-state index contributed by atoms with van der Waals surface area (Å²) < 4.78 is 13.0. The van der Waals surface area contributed by atoms with E-state index in [1.54, 1.807) is 0 Å².